The lowest BCUT2D eigenvalue weighted by Gasteiger charge is -2.15. The maximum Gasteiger partial charge on any atom is 0.301 e. The van der Waals surface area contributed by atoms with E-state index in [1.165, 1.54) is 12.3 Å². The summed E-state index contributed by atoms with van der Waals surface area (Å²) in [6.45, 7) is 0. The summed E-state index contributed by atoms with van der Waals surface area (Å²) in [5.74, 6) is -1.12. The molecule has 112 valence electrons. The maximum atomic E-state index is 12.3. The van der Waals surface area contributed by atoms with Crippen molar-refractivity contribution in [2.45, 2.75) is 12.5 Å². The number of amides is 3. The minimum absolute atomic E-state index is 0.0217. The molecule has 1 fully saturated rings. The van der Waals surface area contributed by atoms with Crippen LogP contribution in [-0.4, -0.2) is 23.8 Å². The lowest BCUT2D eigenvalue weighted by atomic mass is 10.2. The first-order chi connectivity index (χ1) is 10.7. The Labute approximate surface area is 125 Å². The van der Waals surface area contributed by atoms with Gasteiger partial charge in [-0.2, -0.15) is 0 Å². The second kappa shape index (κ2) is 5.82. The van der Waals surface area contributed by atoms with E-state index in [-0.39, 0.29) is 18.1 Å². The van der Waals surface area contributed by atoms with Crippen LogP contribution in [0, 0.1) is 0 Å². The molecule has 2 heterocycles. The van der Waals surface area contributed by atoms with E-state index < -0.39 is 17.9 Å². The highest BCUT2D eigenvalue weighted by atomic mass is 16.3. The molecule has 0 spiro atoms. The first-order valence-corrected chi connectivity index (χ1v) is 6.68. The monoisotopic (exact) mass is 299 g/mol. The summed E-state index contributed by atoms with van der Waals surface area (Å²) in [4.78, 5) is 37.1. The van der Waals surface area contributed by atoms with Gasteiger partial charge in [0.2, 0.25) is 5.91 Å². The quantitative estimate of drug-likeness (QED) is 0.645. The fourth-order valence-electron chi connectivity index (χ4n) is 2.22. The number of nitrogens with one attached hydrogen (secondary N) is 2. The van der Waals surface area contributed by atoms with Gasteiger partial charge < -0.3 is 4.42 Å². The summed E-state index contributed by atoms with van der Waals surface area (Å²) in [6.07, 6.45) is 1.35. The Morgan fingerprint density at radius 2 is 1.91 bits per heavy atom. The highest BCUT2D eigenvalue weighted by molar-refractivity contribution is 6.22. The van der Waals surface area contributed by atoms with E-state index in [2.05, 4.69) is 10.9 Å². The normalized spacial score (nSPS) is 17.8. The number of anilines is 1. The van der Waals surface area contributed by atoms with Gasteiger partial charge in [0, 0.05) is 0 Å². The Bertz CT molecular complexity index is 697. The molecule has 2 aromatic rings. The molecule has 1 saturated heterocycles. The number of carbonyl (C=O) groups excluding carboxylic acids is 3. The predicted molar refractivity (Wildman–Crippen MR) is 76.6 cm³/mol. The second-order valence-electron chi connectivity index (χ2n) is 4.74. The standard InChI is InChI=1S/C15H13N3O4/c19-13-9-11(16-17-14(20)12-7-4-8-22-12)15(21)18(13)10-5-2-1-3-6-10/h1-8,11,16H,9H2,(H,17,20)/t11-/m0/s1. The summed E-state index contributed by atoms with van der Waals surface area (Å²) >= 11 is 0. The predicted octanol–water partition coefficient (Wildman–Crippen LogP) is 0.846. The molecule has 7 heteroatoms. The Morgan fingerprint density at radius 3 is 2.59 bits per heavy atom. The topological polar surface area (TPSA) is 91.7 Å². The third-order valence-electron chi connectivity index (χ3n) is 3.27. The number of hydrogen-bond donors (Lipinski definition) is 2. The van der Waals surface area contributed by atoms with E-state index in [1.807, 2.05) is 0 Å². The zero-order valence-electron chi connectivity index (χ0n) is 11.5. The van der Waals surface area contributed by atoms with Gasteiger partial charge in [-0.25, -0.2) is 10.3 Å². The van der Waals surface area contributed by atoms with Crippen LogP contribution in [0.5, 0.6) is 0 Å². The average Bonchev–Trinajstić information content (AvgIpc) is 3.15. The SMILES string of the molecule is O=C(NN[C@H]1CC(=O)N(c2ccccc2)C1=O)c1ccco1. The Kier molecular flexibility index (Phi) is 3.71. The highest BCUT2D eigenvalue weighted by Crippen LogP contribution is 2.22. The molecular formula is C15H13N3O4. The second-order valence-corrected chi connectivity index (χ2v) is 4.74. The number of carbonyl (C=O) groups is 3. The molecular weight excluding hydrogens is 286 g/mol. The highest BCUT2D eigenvalue weighted by Gasteiger charge is 2.39. The maximum absolute atomic E-state index is 12.3. The molecule has 0 unspecified atom stereocenters. The fraction of sp³-hybridized carbons (Fsp3) is 0.133. The van der Waals surface area contributed by atoms with Crippen LogP contribution in [-0.2, 0) is 9.59 Å². The molecule has 3 amide bonds. The van der Waals surface area contributed by atoms with Crippen molar-refractivity contribution in [2.24, 2.45) is 0 Å². The van der Waals surface area contributed by atoms with Gasteiger partial charge in [0.05, 0.1) is 18.4 Å². The number of rotatable bonds is 4. The molecule has 1 aromatic heterocycles. The van der Waals surface area contributed by atoms with E-state index >= 15 is 0 Å². The van der Waals surface area contributed by atoms with Gasteiger partial charge >= 0.3 is 5.91 Å². The van der Waals surface area contributed by atoms with Crippen molar-refractivity contribution in [1.82, 2.24) is 10.9 Å². The van der Waals surface area contributed by atoms with Gasteiger partial charge in [-0.1, -0.05) is 18.2 Å². The number of para-hydroxylation sites is 1. The number of hydrazine groups is 1. The Morgan fingerprint density at radius 1 is 1.14 bits per heavy atom. The van der Waals surface area contributed by atoms with Crippen LogP contribution in [0.15, 0.2) is 53.1 Å². The van der Waals surface area contributed by atoms with Gasteiger partial charge in [0.15, 0.2) is 5.76 Å². The van der Waals surface area contributed by atoms with Crippen molar-refractivity contribution in [3.63, 3.8) is 0 Å². The van der Waals surface area contributed by atoms with Crippen molar-refractivity contribution in [3.05, 3.63) is 54.5 Å². The number of nitrogens with zero attached hydrogens (tertiary/aromatic N) is 1. The molecule has 7 nitrogen and oxygen atoms in total. The zero-order valence-corrected chi connectivity index (χ0v) is 11.5. The van der Waals surface area contributed by atoms with Crippen LogP contribution >= 0.6 is 0 Å². The summed E-state index contributed by atoms with van der Waals surface area (Å²) in [6, 6.07) is 10.9. The van der Waals surface area contributed by atoms with Crippen molar-refractivity contribution in [1.29, 1.82) is 0 Å². The van der Waals surface area contributed by atoms with Crippen molar-refractivity contribution in [2.75, 3.05) is 4.90 Å². The lowest BCUT2D eigenvalue weighted by Crippen LogP contribution is -2.48. The fourth-order valence-corrected chi connectivity index (χ4v) is 2.22. The molecule has 0 radical (unpaired) electrons. The summed E-state index contributed by atoms with van der Waals surface area (Å²) in [5, 5.41) is 0. The Balaban J connectivity index is 1.66. The third-order valence-corrected chi connectivity index (χ3v) is 3.27. The van der Waals surface area contributed by atoms with Gasteiger partial charge in [0.25, 0.3) is 5.91 Å². The van der Waals surface area contributed by atoms with Crippen LogP contribution in [0.3, 0.4) is 0 Å². The molecule has 2 N–H and O–H groups in total. The van der Waals surface area contributed by atoms with Gasteiger partial charge in [-0.3, -0.25) is 19.8 Å². The molecule has 3 rings (SSSR count). The van der Waals surface area contributed by atoms with E-state index in [9.17, 15) is 14.4 Å². The van der Waals surface area contributed by atoms with Crippen LogP contribution in [0.1, 0.15) is 17.0 Å². The zero-order chi connectivity index (χ0) is 15.5. The van der Waals surface area contributed by atoms with Crippen LogP contribution in [0.4, 0.5) is 5.69 Å². The summed E-state index contributed by atoms with van der Waals surface area (Å²) in [7, 11) is 0. The average molecular weight is 299 g/mol. The van der Waals surface area contributed by atoms with E-state index in [4.69, 9.17) is 4.42 Å². The number of hydrogen-bond acceptors (Lipinski definition) is 5. The van der Waals surface area contributed by atoms with Gasteiger partial charge in [-0.05, 0) is 24.3 Å². The minimum atomic E-state index is -0.799. The lowest BCUT2D eigenvalue weighted by molar-refractivity contribution is -0.121. The molecule has 1 aromatic carbocycles. The van der Waals surface area contributed by atoms with E-state index in [0.717, 1.165) is 4.90 Å². The smallest absolute Gasteiger partial charge is 0.301 e. The largest absolute Gasteiger partial charge is 0.459 e. The molecule has 0 aliphatic carbocycles. The van der Waals surface area contributed by atoms with Gasteiger partial charge in [-0.15, -0.1) is 0 Å². The van der Waals surface area contributed by atoms with Crippen molar-refractivity contribution < 1.29 is 18.8 Å². The summed E-state index contributed by atoms with van der Waals surface area (Å²) in [5.41, 5.74) is 5.46. The minimum Gasteiger partial charge on any atom is -0.459 e. The number of furan rings is 1. The van der Waals surface area contributed by atoms with E-state index in [1.54, 1.807) is 36.4 Å². The molecule has 0 bridgehead atoms. The third kappa shape index (κ3) is 2.61. The first kappa shape index (κ1) is 14.0. The van der Waals surface area contributed by atoms with E-state index in [0.29, 0.717) is 5.69 Å². The van der Waals surface area contributed by atoms with Gasteiger partial charge in [0.1, 0.15) is 6.04 Å². The molecule has 1 aliphatic heterocycles. The number of imide groups is 1. The summed E-state index contributed by atoms with van der Waals surface area (Å²) < 4.78 is 4.93. The van der Waals surface area contributed by atoms with Crippen molar-refractivity contribution >= 4 is 23.4 Å². The molecule has 0 saturated carbocycles. The molecule has 1 aliphatic rings. The van der Waals surface area contributed by atoms with Crippen LogP contribution in [0.2, 0.25) is 0 Å². The molecule has 1 atom stereocenters. The van der Waals surface area contributed by atoms with Crippen molar-refractivity contribution in [3.8, 4) is 0 Å². The molecule has 22 heavy (non-hydrogen) atoms. The van der Waals surface area contributed by atoms with Crippen LogP contribution < -0.4 is 15.8 Å². The number of benzene rings is 1. The van der Waals surface area contributed by atoms with Crippen LogP contribution in [0.25, 0.3) is 0 Å². The first-order valence-electron chi connectivity index (χ1n) is 6.68. The Hall–Kier alpha value is -2.93.